The summed E-state index contributed by atoms with van der Waals surface area (Å²) >= 11 is 0. The van der Waals surface area contributed by atoms with Crippen molar-refractivity contribution in [1.29, 1.82) is 0 Å². The molecule has 0 saturated carbocycles. The zero-order valence-electron chi connectivity index (χ0n) is 11.3. The Morgan fingerprint density at radius 1 is 1.06 bits per heavy atom. The van der Waals surface area contributed by atoms with E-state index in [4.69, 9.17) is 0 Å². The van der Waals surface area contributed by atoms with Crippen molar-refractivity contribution in [1.82, 2.24) is 5.32 Å². The number of amides is 2. The molecule has 0 aliphatic heterocycles. The molecule has 98 valence electrons. The standard InChI is InChI=1S/C14H20N2O2/c1-10(14(2,3)4)15-12(17)13(18)16-11-8-6-5-7-9-11/h5-10H,1-4H3,(H,15,17)(H,16,18). The molecular weight excluding hydrogens is 228 g/mol. The smallest absolute Gasteiger partial charge is 0.313 e. The molecule has 1 aromatic carbocycles. The fourth-order valence-electron chi connectivity index (χ4n) is 1.19. The molecule has 2 N–H and O–H groups in total. The van der Waals surface area contributed by atoms with Crippen molar-refractivity contribution in [3.63, 3.8) is 0 Å². The van der Waals surface area contributed by atoms with E-state index in [0.29, 0.717) is 5.69 Å². The van der Waals surface area contributed by atoms with Crippen molar-refractivity contribution < 1.29 is 9.59 Å². The quantitative estimate of drug-likeness (QED) is 0.788. The lowest BCUT2D eigenvalue weighted by Crippen LogP contribution is -2.46. The van der Waals surface area contributed by atoms with E-state index in [2.05, 4.69) is 10.6 Å². The molecule has 18 heavy (non-hydrogen) atoms. The van der Waals surface area contributed by atoms with Gasteiger partial charge in [0.1, 0.15) is 0 Å². The van der Waals surface area contributed by atoms with Gasteiger partial charge >= 0.3 is 11.8 Å². The predicted octanol–water partition coefficient (Wildman–Crippen LogP) is 2.18. The van der Waals surface area contributed by atoms with Gasteiger partial charge in [0.2, 0.25) is 0 Å². The van der Waals surface area contributed by atoms with E-state index in [1.54, 1.807) is 24.3 Å². The summed E-state index contributed by atoms with van der Waals surface area (Å²) in [5.74, 6) is -1.25. The highest BCUT2D eigenvalue weighted by molar-refractivity contribution is 6.39. The highest BCUT2D eigenvalue weighted by Crippen LogP contribution is 2.18. The first-order chi connectivity index (χ1) is 8.30. The Hall–Kier alpha value is -1.84. The van der Waals surface area contributed by atoms with Crippen LogP contribution in [0, 0.1) is 5.41 Å². The van der Waals surface area contributed by atoms with E-state index in [1.807, 2.05) is 33.8 Å². The number of benzene rings is 1. The molecule has 1 atom stereocenters. The van der Waals surface area contributed by atoms with Gasteiger partial charge in [-0.25, -0.2) is 0 Å². The maximum Gasteiger partial charge on any atom is 0.313 e. The van der Waals surface area contributed by atoms with Gasteiger partial charge < -0.3 is 10.6 Å². The van der Waals surface area contributed by atoms with Gasteiger partial charge in [0.15, 0.2) is 0 Å². The van der Waals surface area contributed by atoms with Gasteiger partial charge in [-0.05, 0) is 24.5 Å². The SMILES string of the molecule is CC(NC(=O)C(=O)Nc1ccccc1)C(C)(C)C. The first-order valence-electron chi connectivity index (χ1n) is 5.97. The summed E-state index contributed by atoms with van der Waals surface area (Å²) in [6.45, 7) is 7.90. The van der Waals surface area contributed by atoms with Crippen LogP contribution in [0.5, 0.6) is 0 Å². The molecule has 0 spiro atoms. The zero-order valence-corrected chi connectivity index (χ0v) is 11.3. The maximum absolute atomic E-state index is 11.7. The summed E-state index contributed by atoms with van der Waals surface area (Å²) in [6, 6.07) is 8.83. The number of nitrogens with one attached hydrogen (secondary N) is 2. The molecule has 4 nitrogen and oxygen atoms in total. The number of hydrogen-bond acceptors (Lipinski definition) is 2. The molecule has 0 radical (unpaired) electrons. The number of anilines is 1. The van der Waals surface area contributed by atoms with Gasteiger partial charge in [0, 0.05) is 11.7 Å². The summed E-state index contributed by atoms with van der Waals surface area (Å²) in [4.78, 5) is 23.3. The fraction of sp³-hybridized carbons (Fsp3) is 0.429. The van der Waals surface area contributed by atoms with Crippen LogP contribution in [-0.4, -0.2) is 17.9 Å². The fourth-order valence-corrected chi connectivity index (χ4v) is 1.19. The third-order valence-corrected chi connectivity index (χ3v) is 2.88. The summed E-state index contributed by atoms with van der Waals surface area (Å²) in [5, 5.41) is 5.24. The van der Waals surface area contributed by atoms with E-state index in [1.165, 1.54) is 0 Å². The lowest BCUT2D eigenvalue weighted by molar-refractivity contribution is -0.137. The van der Waals surface area contributed by atoms with Gasteiger partial charge in [-0.2, -0.15) is 0 Å². The monoisotopic (exact) mass is 248 g/mol. The summed E-state index contributed by atoms with van der Waals surface area (Å²) in [5.41, 5.74) is 0.531. The molecule has 0 aromatic heterocycles. The Balaban J connectivity index is 2.55. The largest absolute Gasteiger partial charge is 0.345 e. The Kier molecular flexibility index (Phi) is 4.48. The first kappa shape index (κ1) is 14.2. The van der Waals surface area contributed by atoms with Crippen molar-refractivity contribution in [2.75, 3.05) is 5.32 Å². The van der Waals surface area contributed by atoms with Crippen molar-refractivity contribution in [3.8, 4) is 0 Å². The van der Waals surface area contributed by atoms with E-state index < -0.39 is 11.8 Å². The normalized spacial score (nSPS) is 12.7. The summed E-state index contributed by atoms with van der Waals surface area (Å²) in [7, 11) is 0. The Bertz CT molecular complexity index is 421. The molecular formula is C14H20N2O2. The van der Waals surface area contributed by atoms with E-state index >= 15 is 0 Å². The number of para-hydroxylation sites is 1. The molecule has 1 rings (SSSR count). The van der Waals surface area contributed by atoms with E-state index in [0.717, 1.165) is 0 Å². The topological polar surface area (TPSA) is 58.2 Å². The van der Waals surface area contributed by atoms with Crippen molar-refractivity contribution in [3.05, 3.63) is 30.3 Å². The van der Waals surface area contributed by atoms with Gasteiger partial charge in [0.05, 0.1) is 0 Å². The molecule has 0 saturated heterocycles. The highest BCUT2D eigenvalue weighted by Gasteiger charge is 2.24. The molecule has 0 aliphatic rings. The Morgan fingerprint density at radius 2 is 1.61 bits per heavy atom. The molecule has 2 amide bonds. The number of rotatable bonds is 2. The van der Waals surface area contributed by atoms with Crippen LogP contribution in [0.3, 0.4) is 0 Å². The first-order valence-corrected chi connectivity index (χ1v) is 5.97. The number of carbonyl (C=O) groups is 2. The van der Waals surface area contributed by atoms with Gasteiger partial charge in [-0.3, -0.25) is 9.59 Å². The third-order valence-electron chi connectivity index (χ3n) is 2.88. The summed E-state index contributed by atoms with van der Waals surface area (Å²) in [6.07, 6.45) is 0. The molecule has 0 heterocycles. The summed E-state index contributed by atoms with van der Waals surface area (Å²) < 4.78 is 0. The van der Waals surface area contributed by atoms with Crippen molar-refractivity contribution in [2.45, 2.75) is 33.7 Å². The van der Waals surface area contributed by atoms with E-state index in [-0.39, 0.29) is 11.5 Å². The molecule has 0 bridgehead atoms. The van der Waals surface area contributed by atoms with E-state index in [9.17, 15) is 9.59 Å². The van der Waals surface area contributed by atoms with Crippen LogP contribution < -0.4 is 10.6 Å². The van der Waals surface area contributed by atoms with Crippen molar-refractivity contribution in [2.24, 2.45) is 5.41 Å². The van der Waals surface area contributed by atoms with Crippen LogP contribution in [0.25, 0.3) is 0 Å². The predicted molar refractivity (Wildman–Crippen MR) is 72.1 cm³/mol. The lowest BCUT2D eigenvalue weighted by atomic mass is 9.88. The average Bonchev–Trinajstić information content (AvgIpc) is 2.28. The Morgan fingerprint density at radius 3 is 2.11 bits per heavy atom. The van der Waals surface area contributed by atoms with Crippen LogP contribution in [0.15, 0.2) is 30.3 Å². The molecule has 1 unspecified atom stereocenters. The van der Waals surface area contributed by atoms with Gasteiger partial charge in [0.25, 0.3) is 0 Å². The van der Waals surface area contributed by atoms with Gasteiger partial charge in [-0.1, -0.05) is 39.0 Å². The highest BCUT2D eigenvalue weighted by atomic mass is 16.2. The minimum absolute atomic E-state index is 0.0773. The van der Waals surface area contributed by atoms with Crippen LogP contribution in [0.1, 0.15) is 27.7 Å². The van der Waals surface area contributed by atoms with Gasteiger partial charge in [-0.15, -0.1) is 0 Å². The maximum atomic E-state index is 11.7. The van der Waals surface area contributed by atoms with Crippen molar-refractivity contribution >= 4 is 17.5 Å². The molecule has 4 heteroatoms. The lowest BCUT2D eigenvalue weighted by Gasteiger charge is -2.27. The molecule has 0 fully saturated rings. The van der Waals surface area contributed by atoms with Crippen LogP contribution in [0.2, 0.25) is 0 Å². The zero-order chi connectivity index (χ0) is 13.8. The van der Waals surface area contributed by atoms with Crippen LogP contribution >= 0.6 is 0 Å². The average molecular weight is 248 g/mol. The third kappa shape index (κ3) is 4.20. The minimum atomic E-state index is -0.641. The molecule has 1 aromatic rings. The second kappa shape index (κ2) is 5.67. The number of hydrogen-bond donors (Lipinski definition) is 2. The minimum Gasteiger partial charge on any atom is -0.345 e. The number of carbonyl (C=O) groups excluding carboxylic acids is 2. The Labute approximate surface area is 108 Å². The molecule has 0 aliphatic carbocycles. The second-order valence-corrected chi connectivity index (χ2v) is 5.38. The van der Waals surface area contributed by atoms with Crippen LogP contribution in [-0.2, 0) is 9.59 Å². The van der Waals surface area contributed by atoms with Crippen LogP contribution in [0.4, 0.5) is 5.69 Å². The second-order valence-electron chi connectivity index (χ2n) is 5.38.